The summed E-state index contributed by atoms with van der Waals surface area (Å²) >= 11 is 0. The number of hydrogen-bond acceptors (Lipinski definition) is 7. The van der Waals surface area contributed by atoms with Crippen molar-refractivity contribution in [2.24, 2.45) is 0 Å². The lowest BCUT2D eigenvalue weighted by molar-refractivity contribution is -0.384. The largest absolute Gasteiger partial charge is 0.421 e. The second-order valence-corrected chi connectivity index (χ2v) is 6.03. The molecule has 0 saturated carbocycles. The van der Waals surface area contributed by atoms with Crippen LogP contribution < -0.4 is 10.9 Å². The monoisotopic (exact) mass is 395 g/mol. The molecule has 1 heterocycles. The van der Waals surface area contributed by atoms with Gasteiger partial charge in [0, 0.05) is 36.1 Å². The second-order valence-electron chi connectivity index (χ2n) is 6.03. The number of amides is 2. The predicted molar refractivity (Wildman–Crippen MR) is 101 cm³/mol. The third-order valence-corrected chi connectivity index (χ3v) is 3.92. The average molecular weight is 395 g/mol. The fourth-order valence-electron chi connectivity index (χ4n) is 2.47. The Bertz CT molecular complexity index is 1020. The van der Waals surface area contributed by atoms with Crippen LogP contribution in [0.15, 0.2) is 59.0 Å². The third kappa shape index (κ3) is 5.45. The highest BCUT2D eigenvalue weighted by molar-refractivity contribution is 5.95. The molecule has 0 bridgehead atoms. The zero-order valence-electron chi connectivity index (χ0n) is 15.2. The molecule has 10 nitrogen and oxygen atoms in total. The maximum absolute atomic E-state index is 12.0. The number of nitrogens with zero attached hydrogens (tertiary/aromatic N) is 3. The zero-order chi connectivity index (χ0) is 20.6. The standard InChI is InChI=1S/C19H17N5O5/c25-16(20-22-18(26)14-8-4-9-15(12-14)24(27)28)10-5-11-17-21-23-19(29-17)13-6-2-1-3-7-13/h1-4,6-9,12H,5,10-11H2,(H,20,25)(H,22,26). The summed E-state index contributed by atoms with van der Waals surface area (Å²) in [7, 11) is 0. The first-order valence-electron chi connectivity index (χ1n) is 8.74. The van der Waals surface area contributed by atoms with E-state index in [0.29, 0.717) is 24.6 Å². The van der Waals surface area contributed by atoms with Gasteiger partial charge < -0.3 is 4.42 Å². The first-order chi connectivity index (χ1) is 14.0. The minimum Gasteiger partial charge on any atom is -0.421 e. The lowest BCUT2D eigenvalue weighted by Gasteiger charge is -2.07. The van der Waals surface area contributed by atoms with E-state index in [9.17, 15) is 19.7 Å². The number of nitro benzene ring substituents is 1. The smallest absolute Gasteiger partial charge is 0.270 e. The molecule has 0 aliphatic carbocycles. The maximum Gasteiger partial charge on any atom is 0.270 e. The number of non-ortho nitro benzene ring substituents is 1. The molecule has 29 heavy (non-hydrogen) atoms. The van der Waals surface area contributed by atoms with E-state index in [0.717, 1.165) is 11.6 Å². The molecule has 0 unspecified atom stereocenters. The quantitative estimate of drug-likeness (QED) is 0.462. The highest BCUT2D eigenvalue weighted by Gasteiger charge is 2.13. The van der Waals surface area contributed by atoms with E-state index in [1.165, 1.54) is 18.2 Å². The third-order valence-electron chi connectivity index (χ3n) is 3.92. The summed E-state index contributed by atoms with van der Waals surface area (Å²) in [6, 6.07) is 14.5. The van der Waals surface area contributed by atoms with Crippen LogP contribution in [0.4, 0.5) is 5.69 Å². The lowest BCUT2D eigenvalue weighted by Crippen LogP contribution is -2.41. The summed E-state index contributed by atoms with van der Waals surface area (Å²) in [4.78, 5) is 34.0. The zero-order valence-corrected chi connectivity index (χ0v) is 15.2. The van der Waals surface area contributed by atoms with Crippen molar-refractivity contribution in [3.63, 3.8) is 0 Å². The van der Waals surface area contributed by atoms with Crippen molar-refractivity contribution in [3.8, 4) is 11.5 Å². The molecule has 1 aromatic heterocycles. The summed E-state index contributed by atoms with van der Waals surface area (Å²) < 4.78 is 5.56. The summed E-state index contributed by atoms with van der Waals surface area (Å²) in [5, 5.41) is 18.7. The number of hydrazine groups is 1. The van der Waals surface area contributed by atoms with Crippen LogP contribution >= 0.6 is 0 Å². The van der Waals surface area contributed by atoms with Crippen LogP contribution in [-0.4, -0.2) is 26.9 Å². The van der Waals surface area contributed by atoms with Crippen LogP contribution in [0.1, 0.15) is 29.1 Å². The van der Waals surface area contributed by atoms with Gasteiger partial charge in [0.25, 0.3) is 11.6 Å². The SMILES string of the molecule is O=C(CCCc1nnc(-c2ccccc2)o1)NNC(=O)c1cccc([N+](=O)[O-])c1. The number of hydrogen-bond donors (Lipinski definition) is 2. The fourth-order valence-corrected chi connectivity index (χ4v) is 2.47. The van der Waals surface area contributed by atoms with Gasteiger partial charge >= 0.3 is 0 Å². The molecule has 0 fully saturated rings. The minimum absolute atomic E-state index is 0.0683. The number of nitrogens with one attached hydrogen (secondary N) is 2. The van der Waals surface area contributed by atoms with Crippen molar-refractivity contribution in [1.82, 2.24) is 21.0 Å². The molecule has 148 valence electrons. The van der Waals surface area contributed by atoms with Gasteiger partial charge in [-0.15, -0.1) is 10.2 Å². The molecule has 2 aromatic carbocycles. The number of carbonyl (C=O) groups is 2. The molecule has 0 radical (unpaired) electrons. The molecule has 10 heteroatoms. The Morgan fingerprint density at radius 1 is 1.03 bits per heavy atom. The number of nitro groups is 1. The van der Waals surface area contributed by atoms with Crippen LogP contribution in [0.5, 0.6) is 0 Å². The van der Waals surface area contributed by atoms with Crippen LogP contribution in [0, 0.1) is 10.1 Å². The van der Waals surface area contributed by atoms with E-state index < -0.39 is 16.7 Å². The molecular formula is C19H17N5O5. The summed E-state index contributed by atoms with van der Waals surface area (Å²) in [5.74, 6) is -0.232. The summed E-state index contributed by atoms with van der Waals surface area (Å²) in [6.07, 6.45) is 0.972. The van der Waals surface area contributed by atoms with E-state index in [2.05, 4.69) is 21.0 Å². The molecule has 2 N–H and O–H groups in total. The number of rotatable bonds is 7. The van der Waals surface area contributed by atoms with Crippen LogP contribution in [0.25, 0.3) is 11.5 Å². The number of benzene rings is 2. The first kappa shape index (κ1) is 19.7. The molecule has 0 aliphatic heterocycles. The first-order valence-corrected chi connectivity index (χ1v) is 8.74. The lowest BCUT2D eigenvalue weighted by atomic mass is 10.2. The Morgan fingerprint density at radius 2 is 1.83 bits per heavy atom. The molecule has 0 spiro atoms. The Morgan fingerprint density at radius 3 is 2.59 bits per heavy atom. The Balaban J connectivity index is 1.42. The van der Waals surface area contributed by atoms with Crippen molar-refractivity contribution in [1.29, 1.82) is 0 Å². The van der Waals surface area contributed by atoms with Crippen LogP contribution in [0.2, 0.25) is 0 Å². The second kappa shape index (κ2) is 9.22. The van der Waals surface area contributed by atoms with Gasteiger partial charge in [-0.1, -0.05) is 24.3 Å². The van der Waals surface area contributed by atoms with Crippen molar-refractivity contribution < 1.29 is 18.9 Å². The van der Waals surface area contributed by atoms with Crippen LogP contribution in [-0.2, 0) is 11.2 Å². The van der Waals surface area contributed by atoms with Gasteiger partial charge in [0.15, 0.2) is 0 Å². The van der Waals surface area contributed by atoms with Gasteiger partial charge in [-0.2, -0.15) is 0 Å². The number of aryl methyl sites for hydroxylation is 1. The van der Waals surface area contributed by atoms with Gasteiger partial charge in [-0.05, 0) is 24.6 Å². The fraction of sp³-hybridized carbons (Fsp3) is 0.158. The summed E-state index contributed by atoms with van der Waals surface area (Å²) in [6.45, 7) is 0. The van der Waals surface area contributed by atoms with Gasteiger partial charge in [-0.3, -0.25) is 30.6 Å². The van der Waals surface area contributed by atoms with E-state index in [-0.39, 0.29) is 17.7 Å². The normalized spacial score (nSPS) is 10.3. The summed E-state index contributed by atoms with van der Waals surface area (Å²) in [5.41, 5.74) is 5.17. The van der Waals surface area contributed by atoms with E-state index in [1.54, 1.807) is 0 Å². The topological polar surface area (TPSA) is 140 Å². The Hall–Kier alpha value is -4.08. The average Bonchev–Trinajstić information content (AvgIpc) is 3.21. The minimum atomic E-state index is -0.647. The molecule has 3 aromatic rings. The molecule has 0 aliphatic rings. The number of carbonyl (C=O) groups excluding carboxylic acids is 2. The van der Waals surface area contributed by atoms with E-state index >= 15 is 0 Å². The maximum atomic E-state index is 12.0. The van der Waals surface area contributed by atoms with Crippen molar-refractivity contribution >= 4 is 17.5 Å². The molecule has 0 atom stereocenters. The molecule has 2 amide bonds. The highest BCUT2D eigenvalue weighted by atomic mass is 16.6. The predicted octanol–water partition coefficient (Wildman–Crippen LogP) is 2.43. The van der Waals surface area contributed by atoms with Gasteiger partial charge in [0.2, 0.25) is 17.7 Å². The molecule has 3 rings (SSSR count). The Kier molecular flexibility index (Phi) is 6.25. The van der Waals surface area contributed by atoms with Crippen molar-refractivity contribution in [2.45, 2.75) is 19.3 Å². The van der Waals surface area contributed by atoms with Crippen molar-refractivity contribution in [2.75, 3.05) is 0 Å². The van der Waals surface area contributed by atoms with Crippen LogP contribution in [0.3, 0.4) is 0 Å². The number of aromatic nitrogens is 2. The van der Waals surface area contributed by atoms with Gasteiger partial charge in [0.1, 0.15) is 0 Å². The Labute approximate surface area is 165 Å². The molecular weight excluding hydrogens is 378 g/mol. The van der Waals surface area contributed by atoms with E-state index in [1.807, 2.05) is 30.3 Å². The molecule has 0 saturated heterocycles. The van der Waals surface area contributed by atoms with E-state index in [4.69, 9.17) is 4.42 Å². The van der Waals surface area contributed by atoms with Gasteiger partial charge in [-0.25, -0.2) is 0 Å². The highest BCUT2D eigenvalue weighted by Crippen LogP contribution is 2.17. The van der Waals surface area contributed by atoms with Crippen molar-refractivity contribution in [3.05, 3.63) is 76.2 Å². The van der Waals surface area contributed by atoms with Gasteiger partial charge in [0.05, 0.1) is 4.92 Å².